The van der Waals surface area contributed by atoms with Crippen molar-refractivity contribution in [1.82, 2.24) is 0 Å². The van der Waals surface area contributed by atoms with Gasteiger partial charge >= 0.3 is 5.97 Å². The Balaban J connectivity index is 1.62. The normalized spacial score (nSPS) is 14.6. The summed E-state index contributed by atoms with van der Waals surface area (Å²) in [5, 5.41) is 6.79. The molecule has 5 heteroatoms. The van der Waals surface area contributed by atoms with Crippen molar-refractivity contribution < 1.29 is 9.53 Å². The second-order valence-electron chi connectivity index (χ2n) is 8.87. The van der Waals surface area contributed by atoms with Gasteiger partial charge in [0, 0.05) is 35.5 Å². The highest BCUT2D eigenvalue weighted by Gasteiger charge is 2.29. The second kappa shape index (κ2) is 9.56. The molecule has 0 atom stereocenters. The predicted octanol–water partition coefficient (Wildman–Crippen LogP) is 6.04. The lowest BCUT2D eigenvalue weighted by Gasteiger charge is -2.38. The number of ether oxygens (including phenoxy) is 1. The van der Waals surface area contributed by atoms with E-state index in [1.54, 1.807) is 6.92 Å². The lowest BCUT2D eigenvalue weighted by Crippen LogP contribution is -2.35. The molecule has 34 heavy (non-hydrogen) atoms. The molecule has 0 amide bonds. The SMILES string of the molecule is C=C(C)C(=O)Oc1c(C=NN(c2ccccc2)c2ccccc2)cc2c3c1CCCN3CCC2. The van der Waals surface area contributed by atoms with E-state index in [1.807, 2.05) is 71.9 Å². The molecule has 0 saturated heterocycles. The zero-order chi connectivity index (χ0) is 23.5. The van der Waals surface area contributed by atoms with Gasteiger partial charge in [-0.05, 0) is 68.5 Å². The van der Waals surface area contributed by atoms with Crippen molar-refractivity contribution >= 4 is 29.2 Å². The number of carbonyl (C=O) groups is 1. The van der Waals surface area contributed by atoms with Gasteiger partial charge in [0.15, 0.2) is 0 Å². The van der Waals surface area contributed by atoms with E-state index < -0.39 is 5.97 Å². The van der Waals surface area contributed by atoms with Gasteiger partial charge in [0.05, 0.1) is 17.6 Å². The van der Waals surface area contributed by atoms with Gasteiger partial charge in [-0.15, -0.1) is 0 Å². The molecule has 172 valence electrons. The highest BCUT2D eigenvalue weighted by Crippen LogP contribution is 2.42. The Morgan fingerprint density at radius 1 is 1.00 bits per heavy atom. The second-order valence-corrected chi connectivity index (χ2v) is 8.87. The van der Waals surface area contributed by atoms with Crippen LogP contribution in [0.1, 0.15) is 36.5 Å². The first-order valence-corrected chi connectivity index (χ1v) is 11.9. The zero-order valence-electron chi connectivity index (χ0n) is 19.5. The first-order valence-electron chi connectivity index (χ1n) is 11.9. The van der Waals surface area contributed by atoms with E-state index in [4.69, 9.17) is 9.84 Å². The summed E-state index contributed by atoms with van der Waals surface area (Å²) in [5.74, 6) is 0.213. The van der Waals surface area contributed by atoms with Gasteiger partial charge in [0.2, 0.25) is 0 Å². The Kier molecular flexibility index (Phi) is 6.17. The van der Waals surface area contributed by atoms with Crippen molar-refractivity contribution in [2.24, 2.45) is 5.10 Å². The summed E-state index contributed by atoms with van der Waals surface area (Å²) in [6.07, 6.45) is 5.92. The minimum atomic E-state index is -0.401. The molecule has 0 aliphatic carbocycles. The van der Waals surface area contributed by atoms with Crippen molar-refractivity contribution in [2.45, 2.75) is 32.6 Å². The average Bonchev–Trinajstić information content (AvgIpc) is 2.87. The third kappa shape index (κ3) is 4.34. The van der Waals surface area contributed by atoms with Crippen LogP contribution in [-0.2, 0) is 17.6 Å². The van der Waals surface area contributed by atoms with Crippen molar-refractivity contribution in [3.8, 4) is 5.75 Å². The number of para-hydroxylation sites is 2. The Bertz CT molecular complexity index is 1190. The maximum absolute atomic E-state index is 12.6. The fourth-order valence-electron chi connectivity index (χ4n) is 4.79. The maximum atomic E-state index is 12.6. The van der Waals surface area contributed by atoms with Crippen LogP contribution in [0.4, 0.5) is 17.1 Å². The molecular weight excluding hydrogens is 422 g/mol. The van der Waals surface area contributed by atoms with E-state index in [1.165, 1.54) is 11.3 Å². The van der Waals surface area contributed by atoms with Gasteiger partial charge in [0.25, 0.3) is 0 Å². The quantitative estimate of drug-likeness (QED) is 0.151. The van der Waals surface area contributed by atoms with E-state index in [2.05, 4.69) is 17.5 Å². The van der Waals surface area contributed by atoms with Crippen LogP contribution in [0, 0.1) is 0 Å². The minimum Gasteiger partial charge on any atom is -0.422 e. The third-order valence-corrected chi connectivity index (χ3v) is 6.36. The van der Waals surface area contributed by atoms with Gasteiger partial charge in [-0.3, -0.25) is 0 Å². The Labute approximate surface area is 201 Å². The van der Waals surface area contributed by atoms with Crippen LogP contribution in [0.5, 0.6) is 5.75 Å². The summed E-state index contributed by atoms with van der Waals surface area (Å²) in [6, 6.07) is 22.2. The molecule has 5 rings (SSSR count). The number of nitrogens with zero attached hydrogens (tertiary/aromatic N) is 3. The molecule has 0 N–H and O–H groups in total. The van der Waals surface area contributed by atoms with Crippen molar-refractivity contribution in [1.29, 1.82) is 0 Å². The summed E-state index contributed by atoms with van der Waals surface area (Å²) in [7, 11) is 0. The summed E-state index contributed by atoms with van der Waals surface area (Å²) >= 11 is 0. The average molecular weight is 452 g/mol. The number of benzene rings is 3. The van der Waals surface area contributed by atoms with Crippen LogP contribution >= 0.6 is 0 Å². The van der Waals surface area contributed by atoms with Crippen molar-refractivity contribution in [3.63, 3.8) is 0 Å². The monoisotopic (exact) mass is 451 g/mol. The fraction of sp³-hybridized carbons (Fsp3) is 0.241. The molecule has 3 aromatic carbocycles. The molecule has 0 aromatic heterocycles. The van der Waals surface area contributed by atoms with Crippen LogP contribution in [-0.4, -0.2) is 25.3 Å². The number of aryl methyl sites for hydroxylation is 1. The van der Waals surface area contributed by atoms with Crippen molar-refractivity contribution in [2.75, 3.05) is 23.0 Å². The summed E-state index contributed by atoms with van der Waals surface area (Å²) in [4.78, 5) is 15.0. The summed E-state index contributed by atoms with van der Waals surface area (Å²) < 4.78 is 5.95. The van der Waals surface area contributed by atoms with Gasteiger partial charge < -0.3 is 9.64 Å². The molecule has 0 bridgehead atoms. The number of carbonyl (C=O) groups excluding carboxylic acids is 1. The topological polar surface area (TPSA) is 45.1 Å². The van der Waals surface area contributed by atoms with E-state index in [-0.39, 0.29) is 0 Å². The third-order valence-electron chi connectivity index (χ3n) is 6.36. The Morgan fingerprint density at radius 3 is 2.24 bits per heavy atom. The number of hydrazone groups is 1. The molecule has 0 saturated carbocycles. The first-order chi connectivity index (χ1) is 16.6. The summed E-state index contributed by atoms with van der Waals surface area (Å²) in [5.41, 5.74) is 6.79. The molecule has 2 aliphatic heterocycles. The highest BCUT2D eigenvalue weighted by atomic mass is 16.5. The largest absolute Gasteiger partial charge is 0.422 e. The van der Waals surface area contributed by atoms with Gasteiger partial charge in [0.1, 0.15) is 5.75 Å². The van der Waals surface area contributed by atoms with E-state index in [0.717, 1.165) is 61.3 Å². The number of hydrogen-bond donors (Lipinski definition) is 0. The van der Waals surface area contributed by atoms with E-state index in [9.17, 15) is 4.79 Å². The Hall–Kier alpha value is -3.86. The van der Waals surface area contributed by atoms with Crippen LogP contribution in [0.3, 0.4) is 0 Å². The standard InChI is InChI=1S/C29H29N3O2/c1-21(2)29(33)34-28-23(19-22-11-9-17-31-18-10-16-26(28)27(22)31)20-30-32(24-12-5-3-6-13-24)25-14-7-4-8-15-25/h3-8,12-15,19-20H,1,9-11,16-18H2,2H3. The maximum Gasteiger partial charge on any atom is 0.338 e. The van der Waals surface area contributed by atoms with E-state index >= 15 is 0 Å². The molecule has 3 aromatic rings. The fourth-order valence-corrected chi connectivity index (χ4v) is 4.79. The van der Waals surface area contributed by atoms with Gasteiger partial charge in [-0.2, -0.15) is 5.10 Å². The molecule has 0 unspecified atom stereocenters. The number of hydrogen-bond acceptors (Lipinski definition) is 5. The molecule has 2 heterocycles. The summed E-state index contributed by atoms with van der Waals surface area (Å²) in [6.45, 7) is 7.56. The van der Waals surface area contributed by atoms with Crippen molar-refractivity contribution in [3.05, 3.63) is 95.6 Å². The van der Waals surface area contributed by atoms with Gasteiger partial charge in [-0.1, -0.05) is 43.0 Å². The van der Waals surface area contributed by atoms with Crippen LogP contribution < -0.4 is 14.6 Å². The molecular formula is C29H29N3O2. The Morgan fingerprint density at radius 2 is 1.62 bits per heavy atom. The van der Waals surface area contributed by atoms with Crippen LogP contribution in [0.15, 0.2) is 84.0 Å². The van der Waals surface area contributed by atoms with Crippen LogP contribution in [0.2, 0.25) is 0 Å². The molecule has 0 radical (unpaired) electrons. The molecule has 5 nitrogen and oxygen atoms in total. The van der Waals surface area contributed by atoms with Gasteiger partial charge in [-0.25, -0.2) is 9.80 Å². The first kappa shape index (κ1) is 22.0. The molecule has 0 fully saturated rings. The lowest BCUT2D eigenvalue weighted by molar-refractivity contribution is -0.130. The lowest BCUT2D eigenvalue weighted by atomic mass is 9.89. The predicted molar refractivity (Wildman–Crippen MR) is 138 cm³/mol. The smallest absolute Gasteiger partial charge is 0.338 e. The van der Waals surface area contributed by atoms with Crippen LogP contribution in [0.25, 0.3) is 0 Å². The number of esters is 1. The number of anilines is 3. The number of rotatable bonds is 6. The minimum absolute atomic E-state index is 0.385. The zero-order valence-corrected chi connectivity index (χ0v) is 19.5. The van der Waals surface area contributed by atoms with E-state index in [0.29, 0.717) is 11.3 Å². The highest BCUT2D eigenvalue weighted by molar-refractivity contribution is 5.94. The molecule has 2 aliphatic rings. The molecule has 0 spiro atoms.